The molecule has 1 saturated carbocycles. The molecule has 1 saturated heterocycles. The summed E-state index contributed by atoms with van der Waals surface area (Å²) in [5.41, 5.74) is 4.24. The molecule has 0 atom stereocenters. The Bertz CT molecular complexity index is 854. The van der Waals surface area contributed by atoms with Gasteiger partial charge in [-0.1, -0.05) is 17.8 Å². The third kappa shape index (κ3) is 3.89. The van der Waals surface area contributed by atoms with Gasteiger partial charge in [-0.05, 0) is 56.4 Å². The van der Waals surface area contributed by atoms with E-state index in [0.717, 1.165) is 66.9 Å². The fourth-order valence-corrected chi connectivity index (χ4v) is 4.35. The van der Waals surface area contributed by atoms with Crippen molar-refractivity contribution >= 4 is 23.5 Å². The lowest BCUT2D eigenvalue weighted by Gasteiger charge is -2.27. The van der Waals surface area contributed by atoms with Crippen LogP contribution in [0.3, 0.4) is 0 Å². The largest absolute Gasteiger partial charge is 0.378 e. The first-order chi connectivity index (χ1) is 13.0. The van der Waals surface area contributed by atoms with Crippen molar-refractivity contribution in [2.75, 3.05) is 37.0 Å². The molecule has 2 aliphatic rings. The average Bonchev–Trinajstić information content (AvgIpc) is 3.42. The van der Waals surface area contributed by atoms with Gasteiger partial charge in [-0.3, -0.25) is 9.36 Å². The number of nitrogens with zero attached hydrogens (tertiary/aromatic N) is 4. The van der Waals surface area contributed by atoms with Gasteiger partial charge in [0.1, 0.15) is 0 Å². The average molecular weight is 387 g/mol. The lowest BCUT2D eigenvalue weighted by molar-refractivity contribution is 0.102. The van der Waals surface area contributed by atoms with Crippen LogP contribution in [0.4, 0.5) is 5.95 Å². The Hall–Kier alpha value is -1.86. The summed E-state index contributed by atoms with van der Waals surface area (Å²) in [6, 6.07) is 4.58. The van der Waals surface area contributed by atoms with E-state index in [1.54, 1.807) is 0 Å². The summed E-state index contributed by atoms with van der Waals surface area (Å²) in [5, 5.41) is 9.72. The van der Waals surface area contributed by atoms with Crippen molar-refractivity contribution in [3.8, 4) is 0 Å². The molecule has 2 fully saturated rings. The van der Waals surface area contributed by atoms with Gasteiger partial charge < -0.3 is 9.64 Å². The standard InChI is InChI=1S/C20H26N4O2S/c1-13-10-15(3)17(11-14(13)2)18(25)12-27-20-22-21-19(24(20)16-4-5-16)23-6-8-26-9-7-23/h10-11,16H,4-9,12H2,1-3H3. The number of carbonyl (C=O) groups excluding carboxylic acids is 1. The highest BCUT2D eigenvalue weighted by Gasteiger charge is 2.32. The predicted molar refractivity (Wildman–Crippen MR) is 107 cm³/mol. The number of aromatic nitrogens is 3. The van der Waals surface area contributed by atoms with Gasteiger partial charge in [-0.2, -0.15) is 0 Å². The number of rotatable bonds is 6. The van der Waals surface area contributed by atoms with Gasteiger partial charge in [-0.25, -0.2) is 0 Å². The van der Waals surface area contributed by atoms with Crippen LogP contribution in [-0.4, -0.2) is 52.6 Å². The number of hydrogen-bond acceptors (Lipinski definition) is 6. The molecule has 2 aromatic rings. The third-order valence-electron chi connectivity index (χ3n) is 5.33. The lowest BCUT2D eigenvalue weighted by Crippen LogP contribution is -2.38. The van der Waals surface area contributed by atoms with Crippen LogP contribution >= 0.6 is 11.8 Å². The summed E-state index contributed by atoms with van der Waals surface area (Å²) < 4.78 is 7.68. The quantitative estimate of drug-likeness (QED) is 0.560. The van der Waals surface area contributed by atoms with E-state index < -0.39 is 0 Å². The fourth-order valence-electron chi connectivity index (χ4n) is 3.47. The molecule has 4 rings (SSSR count). The number of aryl methyl sites for hydroxylation is 3. The molecule has 1 aliphatic carbocycles. The van der Waals surface area contributed by atoms with E-state index in [4.69, 9.17) is 4.74 Å². The number of thioether (sulfide) groups is 1. The van der Waals surface area contributed by atoms with E-state index in [1.807, 2.05) is 13.0 Å². The maximum atomic E-state index is 12.8. The van der Waals surface area contributed by atoms with Crippen molar-refractivity contribution in [3.05, 3.63) is 34.4 Å². The first-order valence-corrected chi connectivity index (χ1v) is 10.5. The Balaban J connectivity index is 1.51. The first-order valence-electron chi connectivity index (χ1n) is 9.56. The number of ether oxygens (including phenoxy) is 1. The molecule has 1 aliphatic heterocycles. The molecule has 0 N–H and O–H groups in total. The Morgan fingerprint density at radius 1 is 1.11 bits per heavy atom. The zero-order chi connectivity index (χ0) is 19.0. The van der Waals surface area contributed by atoms with E-state index in [-0.39, 0.29) is 5.78 Å². The van der Waals surface area contributed by atoms with Gasteiger partial charge in [0.05, 0.1) is 19.0 Å². The maximum Gasteiger partial charge on any atom is 0.228 e. The zero-order valence-electron chi connectivity index (χ0n) is 16.2. The maximum absolute atomic E-state index is 12.8. The van der Waals surface area contributed by atoms with Gasteiger partial charge in [0.25, 0.3) is 0 Å². The van der Waals surface area contributed by atoms with Crippen LogP contribution in [0.2, 0.25) is 0 Å². The SMILES string of the molecule is Cc1cc(C)c(C(=O)CSc2nnc(N3CCOCC3)n2C2CC2)cc1C. The molecule has 144 valence electrons. The van der Waals surface area contributed by atoms with Crippen molar-refractivity contribution in [2.45, 2.75) is 44.8 Å². The second-order valence-corrected chi connectivity index (χ2v) is 8.39. The molecule has 0 radical (unpaired) electrons. The van der Waals surface area contributed by atoms with Crippen LogP contribution in [0.25, 0.3) is 0 Å². The smallest absolute Gasteiger partial charge is 0.228 e. The Labute approximate surface area is 164 Å². The molecule has 0 bridgehead atoms. The van der Waals surface area contributed by atoms with Crippen molar-refractivity contribution in [1.29, 1.82) is 0 Å². The summed E-state index contributed by atoms with van der Waals surface area (Å²) in [6.45, 7) is 9.28. The minimum Gasteiger partial charge on any atom is -0.378 e. The van der Waals surface area contributed by atoms with E-state index in [1.165, 1.54) is 17.3 Å². The van der Waals surface area contributed by atoms with E-state index in [0.29, 0.717) is 11.8 Å². The number of morpholine rings is 1. The lowest BCUT2D eigenvalue weighted by atomic mass is 9.99. The topological polar surface area (TPSA) is 60.3 Å². The molecule has 0 spiro atoms. The van der Waals surface area contributed by atoms with Crippen LogP contribution in [0, 0.1) is 20.8 Å². The Morgan fingerprint density at radius 2 is 1.81 bits per heavy atom. The molecule has 27 heavy (non-hydrogen) atoms. The van der Waals surface area contributed by atoms with Gasteiger partial charge in [-0.15, -0.1) is 10.2 Å². The second kappa shape index (κ2) is 7.64. The van der Waals surface area contributed by atoms with Gasteiger partial charge >= 0.3 is 0 Å². The Morgan fingerprint density at radius 3 is 2.52 bits per heavy atom. The number of Topliss-reactive ketones (excluding diaryl/α,β-unsaturated/α-hetero) is 1. The monoisotopic (exact) mass is 386 g/mol. The fraction of sp³-hybridized carbons (Fsp3) is 0.550. The van der Waals surface area contributed by atoms with Crippen LogP contribution in [0.5, 0.6) is 0 Å². The van der Waals surface area contributed by atoms with Crippen molar-refractivity contribution in [2.24, 2.45) is 0 Å². The highest BCUT2D eigenvalue weighted by molar-refractivity contribution is 7.99. The summed E-state index contributed by atoms with van der Waals surface area (Å²) in [4.78, 5) is 15.0. The van der Waals surface area contributed by atoms with E-state index in [9.17, 15) is 4.79 Å². The van der Waals surface area contributed by atoms with Crippen LogP contribution in [0.15, 0.2) is 17.3 Å². The third-order valence-corrected chi connectivity index (χ3v) is 6.27. The zero-order valence-corrected chi connectivity index (χ0v) is 17.0. The highest BCUT2D eigenvalue weighted by atomic mass is 32.2. The molecule has 1 aromatic heterocycles. The predicted octanol–water partition coefficient (Wildman–Crippen LogP) is 3.35. The number of anilines is 1. The van der Waals surface area contributed by atoms with Crippen LogP contribution in [0.1, 0.15) is 45.9 Å². The first kappa shape index (κ1) is 18.5. The van der Waals surface area contributed by atoms with Gasteiger partial charge in [0, 0.05) is 24.7 Å². The molecule has 6 nitrogen and oxygen atoms in total. The van der Waals surface area contributed by atoms with Gasteiger partial charge in [0.15, 0.2) is 10.9 Å². The van der Waals surface area contributed by atoms with Crippen molar-refractivity contribution in [1.82, 2.24) is 14.8 Å². The van der Waals surface area contributed by atoms with Gasteiger partial charge in [0.2, 0.25) is 5.95 Å². The molecule has 0 amide bonds. The minimum absolute atomic E-state index is 0.152. The highest BCUT2D eigenvalue weighted by Crippen LogP contribution is 2.41. The van der Waals surface area contributed by atoms with Crippen LogP contribution < -0.4 is 4.90 Å². The molecular formula is C20H26N4O2S. The summed E-state index contributed by atoms with van der Waals surface area (Å²) in [5.74, 6) is 1.47. The number of benzene rings is 1. The molecule has 2 heterocycles. The molecule has 0 unspecified atom stereocenters. The number of carbonyl (C=O) groups is 1. The van der Waals surface area contributed by atoms with Crippen LogP contribution in [-0.2, 0) is 4.74 Å². The Kier molecular flexibility index (Phi) is 5.23. The van der Waals surface area contributed by atoms with Crippen molar-refractivity contribution < 1.29 is 9.53 Å². The van der Waals surface area contributed by atoms with E-state index in [2.05, 4.69) is 39.6 Å². The number of hydrogen-bond donors (Lipinski definition) is 0. The summed E-state index contributed by atoms with van der Waals surface area (Å²) in [6.07, 6.45) is 2.32. The normalized spacial score (nSPS) is 17.4. The molecule has 1 aromatic carbocycles. The number of ketones is 1. The summed E-state index contributed by atoms with van der Waals surface area (Å²) >= 11 is 1.50. The van der Waals surface area contributed by atoms with Crippen molar-refractivity contribution in [3.63, 3.8) is 0 Å². The summed E-state index contributed by atoms with van der Waals surface area (Å²) in [7, 11) is 0. The molecular weight excluding hydrogens is 360 g/mol. The minimum atomic E-state index is 0.152. The molecule has 7 heteroatoms. The second-order valence-electron chi connectivity index (χ2n) is 7.45. The van der Waals surface area contributed by atoms with E-state index >= 15 is 0 Å².